The van der Waals surface area contributed by atoms with E-state index in [-0.39, 0.29) is 24.2 Å². The number of amides is 2. The lowest BCUT2D eigenvalue weighted by atomic mass is 10.1. The minimum atomic E-state index is -0.818. The monoisotopic (exact) mass is 342 g/mol. The second-order valence-electron chi connectivity index (χ2n) is 5.21. The largest absolute Gasteiger partial charge is 0.326 e. The second kappa shape index (κ2) is 7.14. The number of hydrogen-bond donors (Lipinski definition) is 3. The highest BCUT2D eigenvalue weighted by Crippen LogP contribution is 2.21. The molecule has 1 aliphatic rings. The first-order chi connectivity index (χ1) is 11.6. The van der Waals surface area contributed by atoms with Crippen molar-refractivity contribution in [1.82, 2.24) is 5.32 Å². The number of aliphatic imine (C=N–C) groups is 1. The number of anilines is 2. The lowest BCUT2D eigenvalue weighted by Crippen LogP contribution is -2.45. The van der Waals surface area contributed by atoms with Crippen LogP contribution in [0.1, 0.15) is 6.42 Å². The summed E-state index contributed by atoms with van der Waals surface area (Å²) >= 11 is 6.03. The van der Waals surface area contributed by atoms with Gasteiger partial charge in [-0.1, -0.05) is 41.9 Å². The molecule has 7 heteroatoms. The van der Waals surface area contributed by atoms with E-state index in [1.54, 1.807) is 24.3 Å². The molecule has 1 aliphatic heterocycles. The van der Waals surface area contributed by atoms with Gasteiger partial charge in [0, 0.05) is 5.69 Å². The van der Waals surface area contributed by atoms with Gasteiger partial charge in [-0.15, -0.1) is 0 Å². The molecule has 24 heavy (non-hydrogen) atoms. The maximum Gasteiger partial charge on any atom is 0.249 e. The number of benzene rings is 2. The molecule has 0 aromatic heterocycles. The van der Waals surface area contributed by atoms with Gasteiger partial charge >= 0.3 is 0 Å². The minimum absolute atomic E-state index is 0.0176. The van der Waals surface area contributed by atoms with Crippen LogP contribution in [-0.4, -0.2) is 23.8 Å². The van der Waals surface area contributed by atoms with E-state index in [0.717, 1.165) is 5.69 Å². The Hall–Kier alpha value is -2.86. The highest BCUT2D eigenvalue weighted by atomic mass is 35.5. The van der Waals surface area contributed by atoms with E-state index in [1.807, 2.05) is 30.3 Å². The van der Waals surface area contributed by atoms with E-state index in [2.05, 4.69) is 20.9 Å². The SMILES string of the molecule is O=C1CC(C(=O)Nc2ccccc2Cl)N=C(Nc2ccccc2)N1. The zero-order chi connectivity index (χ0) is 16.9. The van der Waals surface area contributed by atoms with Gasteiger partial charge in [0.1, 0.15) is 6.04 Å². The predicted molar refractivity (Wildman–Crippen MR) is 94.1 cm³/mol. The third-order valence-corrected chi connectivity index (χ3v) is 3.72. The summed E-state index contributed by atoms with van der Waals surface area (Å²) in [6.07, 6.45) is -0.0176. The van der Waals surface area contributed by atoms with Gasteiger partial charge in [0.15, 0.2) is 0 Å². The minimum Gasteiger partial charge on any atom is -0.326 e. The van der Waals surface area contributed by atoms with Gasteiger partial charge in [-0.3, -0.25) is 14.9 Å². The first-order valence-electron chi connectivity index (χ1n) is 7.37. The van der Waals surface area contributed by atoms with Gasteiger partial charge in [-0.05, 0) is 24.3 Å². The molecule has 0 aliphatic carbocycles. The molecule has 122 valence electrons. The second-order valence-corrected chi connectivity index (χ2v) is 5.61. The van der Waals surface area contributed by atoms with Crippen LogP contribution in [0, 0.1) is 0 Å². The molecule has 0 saturated heterocycles. The number of nitrogens with one attached hydrogen (secondary N) is 3. The quantitative estimate of drug-likeness (QED) is 0.802. The summed E-state index contributed by atoms with van der Waals surface area (Å²) < 4.78 is 0. The van der Waals surface area contributed by atoms with Gasteiger partial charge < -0.3 is 10.6 Å². The molecule has 3 N–H and O–H groups in total. The summed E-state index contributed by atoms with van der Waals surface area (Å²) in [6, 6.07) is 15.3. The molecule has 0 bridgehead atoms. The lowest BCUT2D eigenvalue weighted by molar-refractivity contribution is -0.124. The van der Waals surface area contributed by atoms with Crippen molar-refractivity contribution >= 4 is 40.7 Å². The van der Waals surface area contributed by atoms with Crippen LogP contribution in [0.15, 0.2) is 59.6 Å². The molecule has 0 saturated carbocycles. The van der Waals surface area contributed by atoms with E-state index in [9.17, 15) is 9.59 Å². The van der Waals surface area contributed by atoms with Gasteiger partial charge in [-0.25, -0.2) is 4.99 Å². The Bertz CT molecular complexity index is 792. The summed E-state index contributed by atoms with van der Waals surface area (Å²) in [4.78, 5) is 28.5. The predicted octanol–water partition coefficient (Wildman–Crippen LogP) is 2.64. The number of para-hydroxylation sites is 2. The number of halogens is 1. The highest BCUT2D eigenvalue weighted by Gasteiger charge is 2.27. The lowest BCUT2D eigenvalue weighted by Gasteiger charge is -2.21. The summed E-state index contributed by atoms with van der Waals surface area (Å²) in [5.74, 6) is -0.412. The number of guanidine groups is 1. The van der Waals surface area contributed by atoms with Crippen molar-refractivity contribution in [2.45, 2.75) is 12.5 Å². The number of nitrogens with zero attached hydrogens (tertiary/aromatic N) is 1. The average Bonchev–Trinajstić information content (AvgIpc) is 2.57. The molecule has 1 atom stereocenters. The Labute approximate surface area is 143 Å². The molecule has 2 amide bonds. The molecule has 0 spiro atoms. The van der Waals surface area contributed by atoms with Gasteiger partial charge in [-0.2, -0.15) is 0 Å². The van der Waals surface area contributed by atoms with Crippen molar-refractivity contribution in [2.24, 2.45) is 4.99 Å². The van der Waals surface area contributed by atoms with Crippen molar-refractivity contribution in [3.8, 4) is 0 Å². The Morgan fingerprint density at radius 2 is 1.83 bits per heavy atom. The fraction of sp³-hybridized carbons (Fsp3) is 0.118. The topological polar surface area (TPSA) is 82.6 Å². The number of hydrogen-bond acceptors (Lipinski definition) is 4. The number of carbonyl (C=O) groups is 2. The van der Waals surface area contributed by atoms with Crippen LogP contribution in [0.25, 0.3) is 0 Å². The summed E-state index contributed by atoms with van der Waals surface area (Å²) in [5, 5.41) is 8.73. The highest BCUT2D eigenvalue weighted by molar-refractivity contribution is 6.33. The smallest absolute Gasteiger partial charge is 0.249 e. The Morgan fingerprint density at radius 1 is 1.12 bits per heavy atom. The normalized spacial score (nSPS) is 16.8. The maximum absolute atomic E-state index is 12.4. The van der Waals surface area contributed by atoms with E-state index >= 15 is 0 Å². The Balaban J connectivity index is 1.74. The fourth-order valence-corrected chi connectivity index (χ4v) is 2.43. The van der Waals surface area contributed by atoms with Crippen molar-refractivity contribution < 1.29 is 9.59 Å². The standard InChI is InChI=1S/C17H15ClN4O2/c18-12-8-4-5-9-13(12)20-16(24)14-10-15(23)22-17(21-14)19-11-6-2-1-3-7-11/h1-9,14H,10H2,(H,20,24)(H2,19,21,22,23). The summed E-state index contributed by atoms with van der Waals surface area (Å²) in [6.45, 7) is 0. The van der Waals surface area contributed by atoms with Gasteiger partial charge in [0.25, 0.3) is 0 Å². The first kappa shape index (κ1) is 16.0. The van der Waals surface area contributed by atoms with Crippen molar-refractivity contribution in [3.05, 3.63) is 59.6 Å². The van der Waals surface area contributed by atoms with Crippen LogP contribution >= 0.6 is 11.6 Å². The summed E-state index contributed by atoms with van der Waals surface area (Å²) in [5.41, 5.74) is 1.26. The molecule has 1 unspecified atom stereocenters. The molecule has 3 rings (SSSR count). The van der Waals surface area contributed by atoms with E-state index < -0.39 is 6.04 Å². The van der Waals surface area contributed by atoms with E-state index in [0.29, 0.717) is 10.7 Å². The summed E-state index contributed by atoms with van der Waals surface area (Å²) in [7, 11) is 0. The van der Waals surface area contributed by atoms with Gasteiger partial charge in [0.2, 0.25) is 17.8 Å². The molecule has 6 nitrogen and oxygen atoms in total. The van der Waals surface area contributed by atoms with Crippen LogP contribution in [0.5, 0.6) is 0 Å². The first-order valence-corrected chi connectivity index (χ1v) is 7.75. The molecule has 0 radical (unpaired) electrons. The van der Waals surface area contributed by atoms with Crippen LogP contribution < -0.4 is 16.0 Å². The van der Waals surface area contributed by atoms with Crippen LogP contribution in [0.4, 0.5) is 11.4 Å². The van der Waals surface area contributed by atoms with E-state index in [1.165, 1.54) is 0 Å². The Kier molecular flexibility index (Phi) is 4.77. The van der Waals surface area contributed by atoms with Crippen molar-refractivity contribution in [1.29, 1.82) is 0 Å². The number of carbonyl (C=O) groups excluding carboxylic acids is 2. The van der Waals surface area contributed by atoms with Crippen LogP contribution in [-0.2, 0) is 9.59 Å². The van der Waals surface area contributed by atoms with Crippen molar-refractivity contribution in [3.63, 3.8) is 0 Å². The average molecular weight is 343 g/mol. The van der Waals surface area contributed by atoms with Crippen molar-refractivity contribution in [2.75, 3.05) is 10.6 Å². The molecule has 2 aromatic rings. The molecular formula is C17H15ClN4O2. The zero-order valence-corrected chi connectivity index (χ0v) is 13.4. The third kappa shape index (κ3) is 3.91. The molecule has 0 fully saturated rings. The molecule has 2 aromatic carbocycles. The zero-order valence-electron chi connectivity index (χ0n) is 12.6. The third-order valence-electron chi connectivity index (χ3n) is 3.39. The van der Waals surface area contributed by atoms with Gasteiger partial charge in [0.05, 0.1) is 17.1 Å². The van der Waals surface area contributed by atoms with Crippen LogP contribution in [0.2, 0.25) is 5.02 Å². The Morgan fingerprint density at radius 3 is 2.58 bits per heavy atom. The maximum atomic E-state index is 12.4. The van der Waals surface area contributed by atoms with Crippen LogP contribution in [0.3, 0.4) is 0 Å². The molecular weight excluding hydrogens is 328 g/mol. The fourth-order valence-electron chi connectivity index (χ4n) is 2.24. The number of rotatable bonds is 3. The molecule has 1 heterocycles. The van der Waals surface area contributed by atoms with E-state index in [4.69, 9.17) is 11.6 Å².